The Morgan fingerprint density at radius 3 is 2.55 bits per heavy atom. The minimum Gasteiger partial charge on any atom is -0.452 e. The highest BCUT2D eigenvalue weighted by molar-refractivity contribution is 6.30. The molecule has 13 heteroatoms. The summed E-state index contributed by atoms with van der Waals surface area (Å²) in [6.45, 7) is 1.97. The molecule has 0 radical (unpaired) electrons. The Bertz CT molecular complexity index is 1450. The van der Waals surface area contributed by atoms with E-state index in [-0.39, 0.29) is 54.4 Å². The summed E-state index contributed by atoms with van der Waals surface area (Å²) in [5.74, 6) is -0.464. The van der Waals surface area contributed by atoms with Crippen molar-refractivity contribution in [2.24, 2.45) is 18.9 Å². The minimum absolute atomic E-state index is 0.0470. The van der Waals surface area contributed by atoms with Crippen molar-refractivity contribution in [3.8, 4) is 0 Å². The number of aliphatic hydroxyl groups excluding tert-OH is 1. The Kier molecular flexibility index (Phi) is 7.66. The maximum absolute atomic E-state index is 13.8. The molecule has 2 N–H and O–H groups in total. The molecule has 216 valence electrons. The Morgan fingerprint density at radius 2 is 1.90 bits per heavy atom. The number of halogens is 4. The second-order valence-corrected chi connectivity index (χ2v) is 10.9. The standard InChI is InChI=1S/C27H30ClF3N4O5/c1-15-10-19(12-20(11-15)40-27(29,30)31)39-25-32-23-22(34(25)13-16-6-8-18(28)9-7-16)24(37)35(26(38)33(23)2)14-17-4-3-5-21(17)36/h6-10,12,15,17,21,25,32,36H,3-5,11,13-14H2,1-2H3. The highest BCUT2D eigenvalue weighted by Gasteiger charge is 2.39. The molecule has 1 saturated carbocycles. The third-order valence-corrected chi connectivity index (χ3v) is 7.68. The van der Waals surface area contributed by atoms with Gasteiger partial charge in [0.15, 0.2) is 0 Å². The van der Waals surface area contributed by atoms with Crippen LogP contribution in [0.1, 0.15) is 38.2 Å². The van der Waals surface area contributed by atoms with Gasteiger partial charge in [-0.05, 0) is 42.5 Å². The van der Waals surface area contributed by atoms with Crippen LogP contribution in [0, 0.1) is 11.8 Å². The van der Waals surface area contributed by atoms with Crippen molar-refractivity contribution < 1.29 is 27.8 Å². The zero-order valence-corrected chi connectivity index (χ0v) is 22.7. The lowest BCUT2D eigenvalue weighted by Crippen LogP contribution is -2.44. The molecule has 4 unspecified atom stereocenters. The molecule has 0 saturated heterocycles. The number of benzene rings is 1. The molecule has 1 aromatic carbocycles. The SMILES string of the molecule is CC1C=C(OC2Nc3c(c(=O)n(CC4CCCC4O)c(=O)n3C)N2Cc2ccc(Cl)cc2)C=C(OC(F)(F)F)C1. The van der Waals surface area contributed by atoms with Crippen LogP contribution in [0.2, 0.25) is 5.02 Å². The molecule has 3 aliphatic rings. The molecule has 40 heavy (non-hydrogen) atoms. The lowest BCUT2D eigenvalue weighted by atomic mass is 10.0. The van der Waals surface area contributed by atoms with Gasteiger partial charge in [0.2, 0.25) is 0 Å². The average Bonchev–Trinajstić information content (AvgIpc) is 3.43. The number of allylic oxidation sites excluding steroid dienone is 3. The second kappa shape index (κ2) is 10.9. The quantitative estimate of drug-likeness (QED) is 0.498. The summed E-state index contributed by atoms with van der Waals surface area (Å²) >= 11 is 6.05. The number of nitrogens with one attached hydrogen (secondary N) is 1. The fourth-order valence-electron chi connectivity index (χ4n) is 5.50. The first-order valence-electron chi connectivity index (χ1n) is 13.0. The molecule has 5 rings (SSSR count). The van der Waals surface area contributed by atoms with E-state index in [1.807, 2.05) is 0 Å². The summed E-state index contributed by atoms with van der Waals surface area (Å²) in [6.07, 6.45) is -1.43. The van der Waals surface area contributed by atoms with Gasteiger partial charge in [0.1, 0.15) is 23.0 Å². The van der Waals surface area contributed by atoms with Gasteiger partial charge in [-0.15, -0.1) is 13.2 Å². The smallest absolute Gasteiger partial charge is 0.452 e. The minimum atomic E-state index is -4.84. The van der Waals surface area contributed by atoms with E-state index in [2.05, 4.69) is 10.1 Å². The summed E-state index contributed by atoms with van der Waals surface area (Å²) < 4.78 is 51.4. The van der Waals surface area contributed by atoms with Crippen LogP contribution >= 0.6 is 11.6 Å². The van der Waals surface area contributed by atoms with E-state index in [0.717, 1.165) is 16.6 Å². The van der Waals surface area contributed by atoms with Gasteiger partial charge in [0.05, 0.1) is 6.10 Å². The molecule has 2 aromatic rings. The first-order valence-corrected chi connectivity index (χ1v) is 13.4. The van der Waals surface area contributed by atoms with Crippen molar-refractivity contribution in [1.29, 1.82) is 0 Å². The van der Waals surface area contributed by atoms with Gasteiger partial charge >= 0.3 is 12.1 Å². The largest absolute Gasteiger partial charge is 0.572 e. The molecule has 0 amide bonds. The van der Waals surface area contributed by atoms with Crippen LogP contribution in [0.25, 0.3) is 0 Å². The van der Waals surface area contributed by atoms with Crippen LogP contribution in [0.5, 0.6) is 0 Å². The Balaban J connectivity index is 1.52. The lowest BCUT2D eigenvalue weighted by Gasteiger charge is -2.29. The maximum atomic E-state index is 13.8. The number of hydrogen-bond acceptors (Lipinski definition) is 7. The van der Waals surface area contributed by atoms with E-state index < -0.39 is 30.1 Å². The molecular weight excluding hydrogens is 553 g/mol. The molecule has 0 bridgehead atoms. The summed E-state index contributed by atoms with van der Waals surface area (Å²) in [6, 6.07) is 6.97. The zero-order valence-electron chi connectivity index (χ0n) is 21.9. The second-order valence-electron chi connectivity index (χ2n) is 10.5. The van der Waals surface area contributed by atoms with Crippen LogP contribution in [-0.4, -0.2) is 33.1 Å². The number of nitrogens with zero attached hydrogens (tertiary/aromatic N) is 3. The van der Waals surface area contributed by atoms with Gasteiger partial charge in [-0.2, -0.15) is 0 Å². The number of rotatable bonds is 7. The van der Waals surface area contributed by atoms with Gasteiger partial charge in [-0.1, -0.05) is 37.1 Å². The molecular formula is C27H30ClF3N4O5. The van der Waals surface area contributed by atoms with E-state index in [9.17, 15) is 27.9 Å². The lowest BCUT2D eigenvalue weighted by molar-refractivity contribution is -0.306. The van der Waals surface area contributed by atoms with Crippen LogP contribution in [0.3, 0.4) is 0 Å². The Hall–Kier alpha value is -3.38. The first-order chi connectivity index (χ1) is 18.9. The van der Waals surface area contributed by atoms with Crippen molar-refractivity contribution >= 4 is 23.1 Å². The zero-order chi connectivity index (χ0) is 28.8. The van der Waals surface area contributed by atoms with Crippen LogP contribution < -0.4 is 21.5 Å². The van der Waals surface area contributed by atoms with Gasteiger partial charge in [-0.25, -0.2) is 4.79 Å². The molecule has 1 aromatic heterocycles. The van der Waals surface area contributed by atoms with Crippen molar-refractivity contribution in [2.45, 2.75) is 64.5 Å². The maximum Gasteiger partial charge on any atom is 0.572 e. The van der Waals surface area contributed by atoms with Crippen molar-refractivity contribution in [3.63, 3.8) is 0 Å². The number of aromatic nitrogens is 2. The number of fused-ring (bicyclic) bond motifs is 1. The van der Waals surface area contributed by atoms with E-state index in [0.29, 0.717) is 17.9 Å². The number of hydrogen-bond donors (Lipinski definition) is 2. The third kappa shape index (κ3) is 5.87. The van der Waals surface area contributed by atoms with Crippen LogP contribution in [0.4, 0.5) is 24.7 Å². The molecule has 9 nitrogen and oxygen atoms in total. The fourth-order valence-corrected chi connectivity index (χ4v) is 5.63. The Morgan fingerprint density at radius 1 is 1.18 bits per heavy atom. The van der Waals surface area contributed by atoms with Gasteiger partial charge < -0.3 is 24.8 Å². The number of anilines is 2. The van der Waals surface area contributed by atoms with Crippen LogP contribution in [0.15, 0.2) is 57.5 Å². The fraction of sp³-hybridized carbons (Fsp3) is 0.481. The van der Waals surface area contributed by atoms with E-state index >= 15 is 0 Å². The normalized spacial score (nSPS) is 24.3. The molecule has 2 aliphatic carbocycles. The Labute approximate surface area is 233 Å². The summed E-state index contributed by atoms with van der Waals surface area (Å²) in [5, 5.41) is 13.9. The summed E-state index contributed by atoms with van der Waals surface area (Å²) in [7, 11) is 1.52. The van der Waals surface area contributed by atoms with Gasteiger partial charge in [0, 0.05) is 43.6 Å². The van der Waals surface area contributed by atoms with Crippen molar-refractivity contribution in [2.75, 3.05) is 10.2 Å². The van der Waals surface area contributed by atoms with Crippen molar-refractivity contribution in [3.05, 3.63) is 79.4 Å². The molecule has 4 atom stereocenters. The molecule has 0 spiro atoms. The predicted octanol–water partition coefficient (Wildman–Crippen LogP) is 4.44. The monoisotopic (exact) mass is 582 g/mol. The summed E-state index contributed by atoms with van der Waals surface area (Å²) in [5.41, 5.74) is -0.142. The number of alkyl halides is 3. The van der Waals surface area contributed by atoms with E-state index in [1.165, 1.54) is 17.7 Å². The number of ether oxygens (including phenoxy) is 2. The summed E-state index contributed by atoms with van der Waals surface area (Å²) in [4.78, 5) is 28.7. The third-order valence-electron chi connectivity index (χ3n) is 7.43. The molecule has 1 fully saturated rings. The average molecular weight is 583 g/mol. The highest BCUT2D eigenvalue weighted by Crippen LogP contribution is 2.36. The topological polar surface area (TPSA) is 98.0 Å². The predicted molar refractivity (Wildman–Crippen MR) is 143 cm³/mol. The van der Waals surface area contributed by atoms with E-state index in [1.54, 1.807) is 42.2 Å². The molecule has 1 aliphatic heterocycles. The van der Waals surface area contributed by atoms with E-state index in [4.69, 9.17) is 16.3 Å². The van der Waals surface area contributed by atoms with Crippen molar-refractivity contribution in [1.82, 2.24) is 9.13 Å². The van der Waals surface area contributed by atoms with Crippen LogP contribution in [-0.2, 0) is 29.6 Å². The molecule has 2 heterocycles. The highest BCUT2D eigenvalue weighted by atomic mass is 35.5. The van der Waals surface area contributed by atoms with Gasteiger partial charge in [0.25, 0.3) is 11.9 Å². The van der Waals surface area contributed by atoms with Gasteiger partial charge in [-0.3, -0.25) is 13.9 Å². The first kappa shape index (κ1) is 28.2. The number of aliphatic hydroxyl groups is 1.